The zero-order chi connectivity index (χ0) is 16.2. The number of nitrogens with zero attached hydrogens (tertiary/aromatic N) is 3. The molecule has 0 atom stereocenters. The highest BCUT2D eigenvalue weighted by Gasteiger charge is 2.19. The van der Waals surface area contributed by atoms with Crippen molar-refractivity contribution in [3.63, 3.8) is 0 Å². The Bertz CT molecular complexity index is 406. The molecular weight excluding hydrogens is 280 g/mol. The maximum atomic E-state index is 10.6. The Labute approximate surface area is 132 Å². The number of rotatable bonds is 5. The number of amides is 1. The zero-order valence-corrected chi connectivity index (χ0v) is 13.4. The fourth-order valence-electron chi connectivity index (χ4n) is 2.27. The first-order valence-corrected chi connectivity index (χ1v) is 7.97. The Morgan fingerprint density at radius 2 is 2.00 bits per heavy atom. The molecule has 124 valence electrons. The van der Waals surface area contributed by atoms with Crippen LogP contribution in [0.1, 0.15) is 31.9 Å². The van der Waals surface area contributed by atoms with Gasteiger partial charge in [0.15, 0.2) is 0 Å². The van der Waals surface area contributed by atoms with E-state index in [1.54, 1.807) is 6.20 Å². The number of hydrogen-bond donors (Lipinski definition) is 2. The molecule has 22 heavy (non-hydrogen) atoms. The Morgan fingerprint density at radius 1 is 1.27 bits per heavy atom. The van der Waals surface area contributed by atoms with Gasteiger partial charge in [0.05, 0.1) is 5.69 Å². The molecule has 0 radical (unpaired) electrons. The lowest BCUT2D eigenvalue weighted by molar-refractivity contribution is 0.105. The maximum absolute atomic E-state index is 10.6. The van der Waals surface area contributed by atoms with Crippen molar-refractivity contribution < 1.29 is 9.90 Å². The Morgan fingerprint density at radius 3 is 2.45 bits per heavy atom. The number of aromatic nitrogens is 1. The van der Waals surface area contributed by atoms with Gasteiger partial charge >= 0.3 is 6.09 Å². The molecule has 1 fully saturated rings. The van der Waals surface area contributed by atoms with E-state index >= 15 is 0 Å². The van der Waals surface area contributed by atoms with E-state index in [2.05, 4.69) is 16.8 Å². The quantitative estimate of drug-likeness (QED) is 0.813. The fourth-order valence-corrected chi connectivity index (χ4v) is 2.27. The lowest BCUT2D eigenvalue weighted by atomic mass is 10.2. The molecule has 3 N–H and O–H groups in total. The summed E-state index contributed by atoms with van der Waals surface area (Å²) < 4.78 is 0. The number of nitrogens with two attached hydrogens (primary N) is 1. The third-order valence-corrected chi connectivity index (χ3v) is 3.66. The van der Waals surface area contributed by atoms with Crippen molar-refractivity contribution in [1.29, 1.82) is 0 Å². The summed E-state index contributed by atoms with van der Waals surface area (Å²) in [7, 11) is 0. The van der Waals surface area contributed by atoms with Gasteiger partial charge in [-0.05, 0) is 25.1 Å². The lowest BCUT2D eigenvalue weighted by Crippen LogP contribution is -2.48. The van der Waals surface area contributed by atoms with Gasteiger partial charge < -0.3 is 15.7 Å². The first kappa shape index (κ1) is 18.4. The molecule has 2 rings (SSSR count). The molecule has 0 saturated carbocycles. The summed E-state index contributed by atoms with van der Waals surface area (Å²) in [6, 6.07) is 5.70. The molecule has 6 heteroatoms. The highest BCUT2D eigenvalue weighted by atomic mass is 16.4. The average Bonchev–Trinajstić information content (AvgIpc) is 2.57. The van der Waals surface area contributed by atoms with Gasteiger partial charge in [0, 0.05) is 38.9 Å². The second-order valence-electron chi connectivity index (χ2n) is 5.34. The van der Waals surface area contributed by atoms with Gasteiger partial charge in [-0.1, -0.05) is 25.8 Å². The normalized spacial score (nSPS) is 15.1. The summed E-state index contributed by atoms with van der Waals surface area (Å²) >= 11 is 0. The molecule has 1 aliphatic heterocycles. The van der Waals surface area contributed by atoms with E-state index in [9.17, 15) is 4.79 Å². The molecule has 1 aromatic rings. The van der Waals surface area contributed by atoms with Crippen LogP contribution in [-0.2, 0) is 6.54 Å². The Balaban J connectivity index is 0.000000255. The molecule has 0 aliphatic carbocycles. The monoisotopic (exact) mass is 308 g/mol. The van der Waals surface area contributed by atoms with Gasteiger partial charge in [0.25, 0.3) is 0 Å². The van der Waals surface area contributed by atoms with Gasteiger partial charge in [-0.2, -0.15) is 0 Å². The van der Waals surface area contributed by atoms with Crippen LogP contribution in [0, 0.1) is 0 Å². The number of pyridine rings is 1. The van der Waals surface area contributed by atoms with Crippen LogP contribution in [0.2, 0.25) is 0 Å². The Hall–Kier alpha value is -1.66. The van der Waals surface area contributed by atoms with Crippen LogP contribution in [0.4, 0.5) is 4.79 Å². The van der Waals surface area contributed by atoms with E-state index in [0.29, 0.717) is 19.6 Å². The number of carbonyl (C=O) groups is 1. The topological polar surface area (TPSA) is 82.7 Å². The summed E-state index contributed by atoms with van der Waals surface area (Å²) in [5.74, 6) is 0. The van der Waals surface area contributed by atoms with Crippen molar-refractivity contribution in [2.75, 3.05) is 32.7 Å². The minimum absolute atomic E-state index is 0.529. The van der Waals surface area contributed by atoms with Crippen LogP contribution in [-0.4, -0.2) is 58.7 Å². The van der Waals surface area contributed by atoms with Gasteiger partial charge in [0.1, 0.15) is 0 Å². The van der Waals surface area contributed by atoms with Gasteiger partial charge in [-0.3, -0.25) is 9.88 Å². The van der Waals surface area contributed by atoms with Crippen LogP contribution < -0.4 is 5.73 Å². The van der Waals surface area contributed by atoms with Crippen LogP contribution in [0.25, 0.3) is 0 Å². The highest BCUT2D eigenvalue weighted by Crippen LogP contribution is 2.04. The second kappa shape index (κ2) is 11.0. The zero-order valence-electron chi connectivity index (χ0n) is 13.4. The molecule has 6 nitrogen and oxygen atoms in total. The number of piperazine rings is 1. The lowest BCUT2D eigenvalue weighted by Gasteiger charge is -2.32. The van der Waals surface area contributed by atoms with Crippen molar-refractivity contribution in [1.82, 2.24) is 14.8 Å². The van der Waals surface area contributed by atoms with Gasteiger partial charge in [0.2, 0.25) is 0 Å². The number of carboxylic acid groups (broad SMARTS) is 1. The molecule has 1 aliphatic rings. The van der Waals surface area contributed by atoms with E-state index in [1.807, 2.05) is 18.2 Å². The molecule has 0 spiro atoms. The third kappa shape index (κ3) is 7.38. The van der Waals surface area contributed by atoms with Crippen molar-refractivity contribution in [2.24, 2.45) is 5.73 Å². The average molecular weight is 308 g/mol. The Kier molecular flexibility index (Phi) is 9.18. The summed E-state index contributed by atoms with van der Waals surface area (Å²) in [5.41, 5.74) is 6.22. The maximum Gasteiger partial charge on any atom is 0.407 e. The standard InChI is InChI=1S/C10H20N2O2.C6H8N2/c1-2-3-4-5-11-6-8-12(9-7-11)10(13)14;7-5-6-3-1-2-4-8-6/h2-9H2,1H3,(H,13,14);1-4H,5,7H2. The van der Waals surface area contributed by atoms with Crippen molar-refractivity contribution in [3.8, 4) is 0 Å². The molecule has 2 heterocycles. The van der Waals surface area contributed by atoms with Crippen molar-refractivity contribution in [2.45, 2.75) is 32.7 Å². The van der Waals surface area contributed by atoms with Crippen molar-refractivity contribution >= 4 is 6.09 Å². The molecule has 1 saturated heterocycles. The van der Waals surface area contributed by atoms with Crippen LogP contribution in [0.15, 0.2) is 24.4 Å². The van der Waals surface area contributed by atoms with Crippen LogP contribution in [0.5, 0.6) is 0 Å². The fraction of sp³-hybridized carbons (Fsp3) is 0.625. The number of unbranched alkanes of at least 4 members (excludes halogenated alkanes) is 2. The van der Waals surface area contributed by atoms with Gasteiger partial charge in [-0.25, -0.2) is 4.79 Å². The van der Waals surface area contributed by atoms with E-state index in [-0.39, 0.29) is 0 Å². The molecule has 0 unspecified atom stereocenters. The van der Waals surface area contributed by atoms with Crippen LogP contribution in [0.3, 0.4) is 0 Å². The van der Waals surface area contributed by atoms with Crippen LogP contribution >= 0.6 is 0 Å². The summed E-state index contributed by atoms with van der Waals surface area (Å²) in [5, 5.41) is 8.75. The molecule has 0 aromatic carbocycles. The van der Waals surface area contributed by atoms with E-state index in [0.717, 1.165) is 25.3 Å². The van der Waals surface area contributed by atoms with E-state index in [1.165, 1.54) is 24.2 Å². The van der Waals surface area contributed by atoms with E-state index in [4.69, 9.17) is 10.8 Å². The summed E-state index contributed by atoms with van der Waals surface area (Å²) in [6.07, 6.45) is 4.72. The number of hydrogen-bond acceptors (Lipinski definition) is 4. The summed E-state index contributed by atoms with van der Waals surface area (Å²) in [6.45, 7) is 6.99. The SMILES string of the molecule is CCCCCN1CCN(C(=O)O)CC1.NCc1ccccn1. The first-order chi connectivity index (χ1) is 10.7. The molecular formula is C16H28N4O2. The minimum Gasteiger partial charge on any atom is -0.465 e. The third-order valence-electron chi connectivity index (χ3n) is 3.66. The first-order valence-electron chi connectivity index (χ1n) is 7.97. The second-order valence-corrected chi connectivity index (χ2v) is 5.34. The predicted octanol–water partition coefficient (Wildman–Crippen LogP) is 2.01. The molecule has 1 aromatic heterocycles. The largest absolute Gasteiger partial charge is 0.465 e. The molecule has 1 amide bonds. The smallest absolute Gasteiger partial charge is 0.407 e. The van der Waals surface area contributed by atoms with E-state index < -0.39 is 6.09 Å². The predicted molar refractivity (Wildman–Crippen MR) is 87.7 cm³/mol. The summed E-state index contributed by atoms with van der Waals surface area (Å²) in [4.78, 5) is 18.5. The minimum atomic E-state index is -0.779. The van der Waals surface area contributed by atoms with Gasteiger partial charge in [-0.15, -0.1) is 0 Å². The van der Waals surface area contributed by atoms with Crippen molar-refractivity contribution in [3.05, 3.63) is 30.1 Å². The highest BCUT2D eigenvalue weighted by molar-refractivity contribution is 5.65. The molecule has 0 bridgehead atoms.